The lowest BCUT2D eigenvalue weighted by Gasteiger charge is -2.11. The summed E-state index contributed by atoms with van der Waals surface area (Å²) >= 11 is 0. The van der Waals surface area contributed by atoms with E-state index < -0.39 is 16.0 Å². The predicted octanol–water partition coefficient (Wildman–Crippen LogP) is 2.13. The van der Waals surface area contributed by atoms with Gasteiger partial charge in [0.1, 0.15) is 11.3 Å². The lowest BCUT2D eigenvalue weighted by molar-refractivity contribution is 0.0694. The lowest BCUT2D eigenvalue weighted by Crippen LogP contribution is -2.10. The van der Waals surface area contributed by atoms with Gasteiger partial charge in [-0.25, -0.2) is 13.2 Å². The van der Waals surface area contributed by atoms with Crippen LogP contribution in [0.15, 0.2) is 42.5 Å². The highest BCUT2D eigenvalue weighted by atomic mass is 32.2. The number of carboxylic acids is 1. The second kappa shape index (κ2) is 5.45. The van der Waals surface area contributed by atoms with Crippen LogP contribution in [0, 0.1) is 0 Å². The highest BCUT2D eigenvalue weighted by molar-refractivity contribution is 7.92. The van der Waals surface area contributed by atoms with Crippen molar-refractivity contribution in [3.05, 3.63) is 48.0 Å². The summed E-state index contributed by atoms with van der Waals surface area (Å²) in [5.41, 5.74) is 1.09. The minimum atomic E-state index is -3.46. The smallest absolute Gasteiger partial charge is 0.339 e. The summed E-state index contributed by atoms with van der Waals surface area (Å²) in [7, 11) is -3.46. The summed E-state index contributed by atoms with van der Waals surface area (Å²) in [5.74, 6) is -1.61. The summed E-state index contributed by atoms with van der Waals surface area (Å²) < 4.78 is 25.1. The Kier molecular flexibility index (Phi) is 3.86. The van der Waals surface area contributed by atoms with E-state index in [1.54, 1.807) is 24.3 Å². The van der Waals surface area contributed by atoms with Crippen LogP contribution in [0.25, 0.3) is 11.1 Å². The molecule has 6 nitrogen and oxygen atoms in total. The molecule has 0 amide bonds. The van der Waals surface area contributed by atoms with Crippen LogP contribution < -0.4 is 4.72 Å². The maximum absolute atomic E-state index is 11.4. The first-order valence-electron chi connectivity index (χ1n) is 5.91. The van der Waals surface area contributed by atoms with E-state index in [1.807, 2.05) is 0 Å². The van der Waals surface area contributed by atoms with E-state index in [0.717, 1.165) is 6.26 Å². The second-order valence-corrected chi connectivity index (χ2v) is 6.21. The van der Waals surface area contributed by atoms with Gasteiger partial charge in [0, 0.05) is 5.56 Å². The number of rotatable bonds is 4. The molecule has 0 atom stereocenters. The molecule has 2 rings (SSSR count). The zero-order valence-electron chi connectivity index (χ0n) is 11.1. The van der Waals surface area contributed by atoms with Gasteiger partial charge in [0.2, 0.25) is 10.0 Å². The average Bonchev–Trinajstić information content (AvgIpc) is 2.38. The third-order valence-electron chi connectivity index (χ3n) is 2.76. The molecule has 0 aliphatic heterocycles. The summed E-state index contributed by atoms with van der Waals surface area (Å²) in [4.78, 5) is 11.0. The number of carbonyl (C=O) groups is 1. The molecule has 0 aromatic heterocycles. The number of hydrogen-bond donors (Lipinski definition) is 3. The van der Waals surface area contributed by atoms with Gasteiger partial charge in [-0.1, -0.05) is 24.3 Å². The van der Waals surface area contributed by atoms with Gasteiger partial charge in [0.15, 0.2) is 0 Å². The summed E-state index contributed by atoms with van der Waals surface area (Å²) in [6.45, 7) is 0. The number of aromatic hydroxyl groups is 1. The van der Waals surface area contributed by atoms with E-state index in [4.69, 9.17) is 5.11 Å². The van der Waals surface area contributed by atoms with Gasteiger partial charge >= 0.3 is 5.97 Å². The molecule has 0 fully saturated rings. The van der Waals surface area contributed by atoms with Gasteiger partial charge in [-0.05, 0) is 23.8 Å². The number of anilines is 1. The van der Waals surface area contributed by atoms with E-state index in [2.05, 4.69) is 4.72 Å². The molecule has 21 heavy (non-hydrogen) atoms. The maximum atomic E-state index is 11.4. The Balaban J connectivity index is 2.57. The van der Waals surface area contributed by atoms with Gasteiger partial charge in [0.25, 0.3) is 0 Å². The van der Waals surface area contributed by atoms with Crippen molar-refractivity contribution < 1.29 is 23.4 Å². The zero-order chi connectivity index (χ0) is 15.6. The third kappa shape index (κ3) is 3.51. The molecule has 0 unspecified atom stereocenters. The molecular formula is C14H13NO5S. The molecule has 2 aromatic rings. The van der Waals surface area contributed by atoms with Crippen LogP contribution >= 0.6 is 0 Å². The third-order valence-corrected chi connectivity index (χ3v) is 3.35. The van der Waals surface area contributed by atoms with Crippen molar-refractivity contribution in [3.63, 3.8) is 0 Å². The summed E-state index contributed by atoms with van der Waals surface area (Å²) in [6, 6.07) is 10.7. The monoisotopic (exact) mass is 307 g/mol. The van der Waals surface area contributed by atoms with E-state index in [-0.39, 0.29) is 11.3 Å². The van der Waals surface area contributed by atoms with Crippen LogP contribution in [-0.4, -0.2) is 30.9 Å². The van der Waals surface area contributed by atoms with Crippen LogP contribution in [0.3, 0.4) is 0 Å². The van der Waals surface area contributed by atoms with Crippen molar-refractivity contribution in [2.75, 3.05) is 11.0 Å². The highest BCUT2D eigenvalue weighted by Crippen LogP contribution is 2.31. The standard InChI is InChI=1S/C14H13NO5S/c1-21(19,20)15-12-5-3-2-4-10(12)9-6-7-13(16)11(8-9)14(17)18/h2-8,15-16H,1H3,(H,17,18). The molecule has 0 spiro atoms. The first kappa shape index (κ1) is 14.9. The van der Waals surface area contributed by atoms with E-state index in [9.17, 15) is 18.3 Å². The van der Waals surface area contributed by atoms with Gasteiger partial charge in [-0.3, -0.25) is 4.72 Å². The van der Waals surface area contributed by atoms with Crippen LogP contribution in [0.4, 0.5) is 5.69 Å². The van der Waals surface area contributed by atoms with Crippen LogP contribution in [0.5, 0.6) is 5.75 Å². The van der Waals surface area contributed by atoms with E-state index in [0.29, 0.717) is 16.8 Å². The Morgan fingerprint density at radius 1 is 1.14 bits per heavy atom. The number of benzene rings is 2. The van der Waals surface area contributed by atoms with Crippen molar-refractivity contribution in [3.8, 4) is 16.9 Å². The van der Waals surface area contributed by atoms with Crippen molar-refractivity contribution in [1.82, 2.24) is 0 Å². The molecule has 0 radical (unpaired) electrons. The van der Waals surface area contributed by atoms with Crippen LogP contribution in [0.2, 0.25) is 0 Å². The fourth-order valence-corrected chi connectivity index (χ4v) is 2.48. The molecule has 2 aromatic carbocycles. The number of para-hydroxylation sites is 1. The van der Waals surface area contributed by atoms with Crippen LogP contribution in [-0.2, 0) is 10.0 Å². The molecule has 110 valence electrons. The van der Waals surface area contributed by atoms with Crippen molar-refractivity contribution in [2.45, 2.75) is 0 Å². The van der Waals surface area contributed by atoms with E-state index >= 15 is 0 Å². The van der Waals surface area contributed by atoms with Gasteiger partial charge in [-0.2, -0.15) is 0 Å². The quantitative estimate of drug-likeness (QED) is 0.802. The molecule has 0 aliphatic carbocycles. The zero-order valence-corrected chi connectivity index (χ0v) is 11.9. The average molecular weight is 307 g/mol. The number of nitrogens with one attached hydrogen (secondary N) is 1. The molecule has 0 saturated heterocycles. The molecule has 0 aliphatic rings. The lowest BCUT2D eigenvalue weighted by atomic mass is 10.0. The SMILES string of the molecule is CS(=O)(=O)Nc1ccccc1-c1ccc(O)c(C(=O)O)c1. The topological polar surface area (TPSA) is 104 Å². The number of sulfonamides is 1. The summed E-state index contributed by atoms with van der Waals surface area (Å²) in [5, 5.41) is 18.5. The molecule has 0 saturated carbocycles. The Morgan fingerprint density at radius 2 is 1.81 bits per heavy atom. The Labute approximate surface area is 121 Å². The Bertz CT molecular complexity index is 799. The first-order valence-corrected chi connectivity index (χ1v) is 7.80. The molecule has 7 heteroatoms. The second-order valence-electron chi connectivity index (χ2n) is 4.46. The van der Waals surface area contributed by atoms with Crippen LogP contribution in [0.1, 0.15) is 10.4 Å². The maximum Gasteiger partial charge on any atom is 0.339 e. The molecule has 3 N–H and O–H groups in total. The Morgan fingerprint density at radius 3 is 2.43 bits per heavy atom. The molecule has 0 bridgehead atoms. The normalized spacial score (nSPS) is 11.1. The fraction of sp³-hybridized carbons (Fsp3) is 0.0714. The largest absolute Gasteiger partial charge is 0.507 e. The molecule has 0 heterocycles. The number of phenols is 1. The van der Waals surface area contributed by atoms with Crippen molar-refractivity contribution in [2.24, 2.45) is 0 Å². The van der Waals surface area contributed by atoms with E-state index in [1.165, 1.54) is 18.2 Å². The van der Waals surface area contributed by atoms with Crippen molar-refractivity contribution >= 4 is 21.7 Å². The number of hydrogen-bond acceptors (Lipinski definition) is 4. The highest BCUT2D eigenvalue weighted by Gasteiger charge is 2.14. The first-order chi connectivity index (χ1) is 9.78. The minimum absolute atomic E-state index is 0.248. The minimum Gasteiger partial charge on any atom is -0.507 e. The number of carboxylic acid groups (broad SMARTS) is 1. The van der Waals surface area contributed by atoms with Gasteiger partial charge in [0.05, 0.1) is 11.9 Å². The van der Waals surface area contributed by atoms with Gasteiger partial charge in [-0.15, -0.1) is 0 Å². The molecular weight excluding hydrogens is 294 g/mol. The van der Waals surface area contributed by atoms with Crippen molar-refractivity contribution in [1.29, 1.82) is 0 Å². The summed E-state index contributed by atoms with van der Waals surface area (Å²) in [6.07, 6.45) is 1.03. The number of aromatic carboxylic acids is 1. The van der Waals surface area contributed by atoms with Gasteiger partial charge < -0.3 is 10.2 Å². The Hall–Kier alpha value is -2.54. The predicted molar refractivity (Wildman–Crippen MR) is 79.0 cm³/mol. The fourth-order valence-electron chi connectivity index (χ4n) is 1.90.